The zero-order valence-electron chi connectivity index (χ0n) is 15.5. The van der Waals surface area contributed by atoms with Crippen molar-refractivity contribution >= 4 is 11.6 Å². The molecule has 2 aromatic carbocycles. The highest BCUT2D eigenvalue weighted by Crippen LogP contribution is 2.21. The molecule has 0 unspecified atom stereocenters. The molecule has 0 aliphatic carbocycles. The molecule has 1 aromatic heterocycles. The summed E-state index contributed by atoms with van der Waals surface area (Å²) in [6, 6.07) is 16.8. The highest BCUT2D eigenvalue weighted by molar-refractivity contribution is 5.88. The predicted molar refractivity (Wildman–Crippen MR) is 105 cm³/mol. The largest absolute Gasteiger partial charge is 0.497 e. The van der Waals surface area contributed by atoms with Crippen molar-refractivity contribution in [3.63, 3.8) is 0 Å². The minimum Gasteiger partial charge on any atom is -0.497 e. The SMILES string of the molecule is COc1ccc(Cc2cc(-c3ccc(NC(C)=O)cc3)nn(C)c2=O)cc1. The molecular weight excluding hydrogens is 342 g/mol. The van der Waals surface area contributed by atoms with E-state index in [0.717, 1.165) is 22.6 Å². The maximum absolute atomic E-state index is 12.5. The number of rotatable bonds is 5. The van der Waals surface area contributed by atoms with Crippen LogP contribution in [-0.4, -0.2) is 22.8 Å². The van der Waals surface area contributed by atoms with Gasteiger partial charge < -0.3 is 10.1 Å². The molecule has 138 valence electrons. The van der Waals surface area contributed by atoms with E-state index < -0.39 is 0 Å². The van der Waals surface area contributed by atoms with Crippen LogP contribution in [0.1, 0.15) is 18.1 Å². The molecule has 6 heteroatoms. The van der Waals surface area contributed by atoms with Crippen molar-refractivity contribution in [3.05, 3.63) is 76.1 Å². The Morgan fingerprint density at radius 2 is 1.78 bits per heavy atom. The molecule has 0 saturated heterocycles. The summed E-state index contributed by atoms with van der Waals surface area (Å²) in [5, 5.41) is 7.09. The Kier molecular flexibility index (Phi) is 5.35. The molecule has 0 radical (unpaired) electrons. The maximum Gasteiger partial charge on any atom is 0.270 e. The Morgan fingerprint density at radius 1 is 1.11 bits per heavy atom. The Morgan fingerprint density at radius 3 is 2.37 bits per heavy atom. The summed E-state index contributed by atoms with van der Waals surface area (Å²) in [5.74, 6) is 0.658. The molecule has 0 saturated carbocycles. The second kappa shape index (κ2) is 7.86. The second-order valence-electron chi connectivity index (χ2n) is 6.27. The van der Waals surface area contributed by atoms with E-state index in [-0.39, 0.29) is 11.5 Å². The first-order valence-corrected chi connectivity index (χ1v) is 8.54. The number of ether oxygens (including phenoxy) is 1. The van der Waals surface area contributed by atoms with Gasteiger partial charge in [0.1, 0.15) is 5.75 Å². The summed E-state index contributed by atoms with van der Waals surface area (Å²) in [5.41, 5.74) is 3.86. The quantitative estimate of drug-likeness (QED) is 0.756. The number of aryl methyl sites for hydroxylation is 1. The fourth-order valence-electron chi connectivity index (χ4n) is 2.83. The number of methoxy groups -OCH3 is 1. The highest BCUT2D eigenvalue weighted by Gasteiger charge is 2.09. The van der Waals surface area contributed by atoms with Crippen LogP contribution in [0.25, 0.3) is 11.3 Å². The molecule has 1 amide bonds. The summed E-state index contributed by atoms with van der Waals surface area (Å²) >= 11 is 0. The van der Waals surface area contributed by atoms with E-state index in [1.54, 1.807) is 14.2 Å². The van der Waals surface area contributed by atoms with Gasteiger partial charge in [0, 0.05) is 37.2 Å². The smallest absolute Gasteiger partial charge is 0.270 e. The summed E-state index contributed by atoms with van der Waals surface area (Å²) in [6.07, 6.45) is 0.510. The minimum absolute atomic E-state index is 0.121. The van der Waals surface area contributed by atoms with E-state index in [9.17, 15) is 9.59 Å². The average molecular weight is 363 g/mol. The lowest BCUT2D eigenvalue weighted by Crippen LogP contribution is -2.24. The van der Waals surface area contributed by atoms with E-state index in [1.807, 2.05) is 54.6 Å². The van der Waals surface area contributed by atoms with Crippen LogP contribution in [0.3, 0.4) is 0 Å². The standard InChI is InChI=1S/C21H21N3O3/c1-14(25)22-18-8-6-16(7-9-18)20-13-17(21(26)24(2)23-20)12-15-4-10-19(27-3)11-5-15/h4-11,13H,12H2,1-3H3,(H,22,25). The van der Waals surface area contributed by atoms with Gasteiger partial charge in [0.25, 0.3) is 5.56 Å². The van der Waals surface area contributed by atoms with Crippen molar-refractivity contribution < 1.29 is 9.53 Å². The van der Waals surface area contributed by atoms with Crippen LogP contribution in [0.5, 0.6) is 5.75 Å². The van der Waals surface area contributed by atoms with E-state index in [0.29, 0.717) is 17.7 Å². The molecule has 0 aliphatic heterocycles. The number of hydrogen-bond donors (Lipinski definition) is 1. The number of nitrogens with zero attached hydrogens (tertiary/aromatic N) is 2. The number of carbonyl (C=O) groups is 1. The van der Waals surface area contributed by atoms with Gasteiger partial charge >= 0.3 is 0 Å². The summed E-state index contributed by atoms with van der Waals surface area (Å²) in [4.78, 5) is 23.6. The van der Waals surface area contributed by atoms with Crippen LogP contribution in [0.15, 0.2) is 59.4 Å². The van der Waals surface area contributed by atoms with Crippen LogP contribution in [0.4, 0.5) is 5.69 Å². The van der Waals surface area contributed by atoms with Crippen molar-refractivity contribution in [2.24, 2.45) is 7.05 Å². The summed E-state index contributed by atoms with van der Waals surface area (Å²) in [7, 11) is 3.27. The molecule has 0 atom stereocenters. The normalized spacial score (nSPS) is 10.5. The Bertz CT molecular complexity index is 1010. The van der Waals surface area contributed by atoms with Crippen LogP contribution >= 0.6 is 0 Å². The molecule has 1 heterocycles. The van der Waals surface area contributed by atoms with Gasteiger partial charge in [-0.3, -0.25) is 9.59 Å². The Balaban J connectivity index is 1.91. The van der Waals surface area contributed by atoms with E-state index in [1.165, 1.54) is 11.6 Å². The molecule has 0 aliphatic rings. The van der Waals surface area contributed by atoms with Gasteiger partial charge in [0.05, 0.1) is 12.8 Å². The minimum atomic E-state index is -0.121. The molecule has 0 bridgehead atoms. The number of amides is 1. The van der Waals surface area contributed by atoms with Crippen LogP contribution in [0, 0.1) is 0 Å². The van der Waals surface area contributed by atoms with Gasteiger partial charge in [-0.1, -0.05) is 24.3 Å². The first-order chi connectivity index (χ1) is 13.0. The first-order valence-electron chi connectivity index (χ1n) is 8.54. The molecule has 0 fully saturated rings. The maximum atomic E-state index is 12.5. The van der Waals surface area contributed by atoms with Gasteiger partial charge in [-0.15, -0.1) is 0 Å². The molecule has 3 rings (SSSR count). The van der Waals surface area contributed by atoms with Gasteiger partial charge in [-0.25, -0.2) is 4.68 Å². The van der Waals surface area contributed by atoms with E-state index >= 15 is 0 Å². The first kappa shape index (κ1) is 18.4. The lowest BCUT2D eigenvalue weighted by Gasteiger charge is -2.09. The zero-order valence-corrected chi connectivity index (χ0v) is 15.5. The molecule has 1 N–H and O–H groups in total. The van der Waals surface area contributed by atoms with Crippen molar-refractivity contribution in [3.8, 4) is 17.0 Å². The fourth-order valence-corrected chi connectivity index (χ4v) is 2.83. The fraction of sp³-hybridized carbons (Fsp3) is 0.190. The molecule has 3 aromatic rings. The van der Waals surface area contributed by atoms with Crippen LogP contribution in [-0.2, 0) is 18.3 Å². The second-order valence-corrected chi connectivity index (χ2v) is 6.27. The van der Waals surface area contributed by atoms with Crippen molar-refractivity contribution in [2.75, 3.05) is 12.4 Å². The summed E-state index contributed by atoms with van der Waals surface area (Å²) in [6.45, 7) is 1.47. The molecular formula is C21H21N3O3. The van der Waals surface area contributed by atoms with Gasteiger partial charge in [-0.05, 0) is 35.9 Å². The number of hydrogen-bond acceptors (Lipinski definition) is 4. The zero-order chi connectivity index (χ0) is 19.4. The van der Waals surface area contributed by atoms with Crippen LogP contribution in [0.2, 0.25) is 0 Å². The van der Waals surface area contributed by atoms with Gasteiger partial charge in [0.2, 0.25) is 5.91 Å². The van der Waals surface area contributed by atoms with Crippen molar-refractivity contribution in [2.45, 2.75) is 13.3 Å². The third kappa shape index (κ3) is 4.41. The number of aromatic nitrogens is 2. The Hall–Kier alpha value is -3.41. The topological polar surface area (TPSA) is 73.2 Å². The third-order valence-corrected chi connectivity index (χ3v) is 4.19. The Labute approximate surface area is 157 Å². The molecule has 6 nitrogen and oxygen atoms in total. The highest BCUT2D eigenvalue weighted by atomic mass is 16.5. The van der Waals surface area contributed by atoms with Gasteiger partial charge in [0.15, 0.2) is 0 Å². The van der Waals surface area contributed by atoms with Gasteiger partial charge in [-0.2, -0.15) is 5.10 Å². The predicted octanol–water partition coefficient (Wildman–Crippen LogP) is 3.01. The number of nitrogens with one attached hydrogen (secondary N) is 1. The lowest BCUT2D eigenvalue weighted by molar-refractivity contribution is -0.114. The van der Waals surface area contributed by atoms with Crippen molar-refractivity contribution in [1.29, 1.82) is 0 Å². The van der Waals surface area contributed by atoms with E-state index in [2.05, 4.69) is 10.4 Å². The monoisotopic (exact) mass is 363 g/mol. The third-order valence-electron chi connectivity index (χ3n) is 4.19. The lowest BCUT2D eigenvalue weighted by atomic mass is 10.0. The van der Waals surface area contributed by atoms with E-state index in [4.69, 9.17) is 4.74 Å². The summed E-state index contributed by atoms with van der Waals surface area (Å²) < 4.78 is 6.53. The number of carbonyl (C=O) groups excluding carboxylic acids is 1. The van der Waals surface area contributed by atoms with Crippen LogP contribution < -0.4 is 15.6 Å². The molecule has 27 heavy (non-hydrogen) atoms. The number of benzene rings is 2. The molecule has 0 spiro atoms. The number of anilines is 1. The average Bonchev–Trinajstić information content (AvgIpc) is 2.66. The van der Waals surface area contributed by atoms with Crippen molar-refractivity contribution in [1.82, 2.24) is 9.78 Å².